The van der Waals surface area contributed by atoms with Crippen LogP contribution < -0.4 is 10.6 Å². The largest absolute Gasteiger partial charge is 0.326 e. The number of carbonyl (C=O) groups is 2. The van der Waals surface area contributed by atoms with Gasteiger partial charge in [0.05, 0.1) is 5.69 Å². The van der Waals surface area contributed by atoms with Crippen molar-refractivity contribution in [2.45, 2.75) is 25.7 Å². The van der Waals surface area contributed by atoms with Crippen molar-refractivity contribution >= 4 is 34.8 Å². The van der Waals surface area contributed by atoms with Crippen LogP contribution in [0.2, 0.25) is 5.02 Å². The Morgan fingerprint density at radius 2 is 1.38 bits per heavy atom. The summed E-state index contributed by atoms with van der Waals surface area (Å²) in [6.45, 7) is 0. The fraction of sp³-hybridized carbons (Fsp3) is 0.300. The first-order valence-electron chi connectivity index (χ1n) is 8.65. The summed E-state index contributed by atoms with van der Waals surface area (Å²) < 4.78 is 13.6. The summed E-state index contributed by atoms with van der Waals surface area (Å²) in [7, 11) is 0. The van der Waals surface area contributed by atoms with E-state index in [4.69, 9.17) is 11.6 Å². The predicted molar refractivity (Wildman–Crippen MR) is 101 cm³/mol. The van der Waals surface area contributed by atoms with Crippen LogP contribution in [0, 0.1) is 17.7 Å². The molecular formula is C20H20ClFN2O2. The molecule has 1 fully saturated rings. The normalized spacial score (nSPS) is 19.6. The molecule has 6 heteroatoms. The second-order valence-electron chi connectivity index (χ2n) is 6.51. The van der Waals surface area contributed by atoms with Crippen molar-refractivity contribution < 1.29 is 14.0 Å². The molecule has 0 unspecified atom stereocenters. The second-order valence-corrected chi connectivity index (χ2v) is 6.95. The molecule has 1 saturated carbocycles. The topological polar surface area (TPSA) is 58.2 Å². The predicted octanol–water partition coefficient (Wildman–Crippen LogP) is 4.86. The Bertz CT molecular complexity index is 787. The summed E-state index contributed by atoms with van der Waals surface area (Å²) in [4.78, 5) is 24.7. The van der Waals surface area contributed by atoms with E-state index in [2.05, 4.69) is 10.6 Å². The lowest BCUT2D eigenvalue weighted by Crippen LogP contribution is -2.32. The third-order valence-electron chi connectivity index (χ3n) is 4.71. The number of amides is 2. The zero-order chi connectivity index (χ0) is 18.5. The number of carbonyl (C=O) groups excluding carboxylic acids is 2. The van der Waals surface area contributed by atoms with E-state index in [-0.39, 0.29) is 29.3 Å². The number of halogens is 2. The van der Waals surface area contributed by atoms with E-state index in [9.17, 15) is 14.0 Å². The van der Waals surface area contributed by atoms with Gasteiger partial charge in [0, 0.05) is 22.5 Å². The highest BCUT2D eigenvalue weighted by molar-refractivity contribution is 6.30. The standard InChI is InChI=1S/C20H20ClFN2O2/c21-15-9-11-16(12-10-15)23-19(25)13-5-7-14(8-6-13)20(26)24-18-4-2-1-3-17(18)22/h1-4,9-14H,5-8H2,(H,23,25)(H,24,26). The van der Waals surface area contributed by atoms with E-state index in [1.165, 1.54) is 6.07 Å². The molecule has 0 radical (unpaired) electrons. The summed E-state index contributed by atoms with van der Waals surface area (Å²) in [5, 5.41) is 6.14. The van der Waals surface area contributed by atoms with Crippen LogP contribution in [0.5, 0.6) is 0 Å². The van der Waals surface area contributed by atoms with Crippen LogP contribution in [0.25, 0.3) is 0 Å². The molecule has 3 rings (SSSR count). The number of benzene rings is 2. The van der Waals surface area contributed by atoms with Crippen molar-refractivity contribution in [3.8, 4) is 0 Å². The highest BCUT2D eigenvalue weighted by Gasteiger charge is 2.30. The van der Waals surface area contributed by atoms with Crippen molar-refractivity contribution in [3.63, 3.8) is 0 Å². The average molecular weight is 375 g/mol. The maximum atomic E-state index is 13.6. The lowest BCUT2D eigenvalue weighted by atomic mass is 9.81. The fourth-order valence-corrected chi connectivity index (χ4v) is 3.32. The van der Waals surface area contributed by atoms with Gasteiger partial charge in [-0.2, -0.15) is 0 Å². The Morgan fingerprint density at radius 1 is 0.846 bits per heavy atom. The van der Waals surface area contributed by atoms with E-state index in [0.717, 1.165) is 0 Å². The monoisotopic (exact) mass is 374 g/mol. The molecule has 0 aromatic heterocycles. The van der Waals surface area contributed by atoms with Crippen LogP contribution in [0.15, 0.2) is 48.5 Å². The molecule has 2 N–H and O–H groups in total. The van der Waals surface area contributed by atoms with Crippen molar-refractivity contribution in [1.82, 2.24) is 0 Å². The van der Waals surface area contributed by atoms with Crippen LogP contribution in [-0.4, -0.2) is 11.8 Å². The Labute approximate surface area is 156 Å². The fourth-order valence-electron chi connectivity index (χ4n) is 3.19. The summed E-state index contributed by atoms with van der Waals surface area (Å²) in [6, 6.07) is 13.1. The molecule has 0 atom stereocenters. The Kier molecular flexibility index (Phi) is 5.89. The SMILES string of the molecule is O=C(Nc1ccc(Cl)cc1)C1CCC(C(=O)Nc2ccccc2F)CC1. The molecule has 136 valence electrons. The van der Waals surface area contributed by atoms with Gasteiger partial charge in [-0.25, -0.2) is 4.39 Å². The first-order valence-corrected chi connectivity index (χ1v) is 9.02. The third-order valence-corrected chi connectivity index (χ3v) is 4.96. The average Bonchev–Trinajstić information content (AvgIpc) is 2.65. The highest BCUT2D eigenvalue weighted by atomic mass is 35.5. The van der Waals surface area contributed by atoms with Crippen LogP contribution in [0.4, 0.5) is 15.8 Å². The molecule has 0 heterocycles. The summed E-state index contributed by atoms with van der Waals surface area (Å²) in [5.74, 6) is -0.999. The van der Waals surface area contributed by atoms with Gasteiger partial charge in [-0.1, -0.05) is 23.7 Å². The van der Waals surface area contributed by atoms with E-state index in [1.807, 2.05) is 0 Å². The molecular weight excluding hydrogens is 355 g/mol. The van der Waals surface area contributed by atoms with E-state index >= 15 is 0 Å². The molecule has 0 aliphatic heterocycles. The second kappa shape index (κ2) is 8.32. The number of nitrogens with one attached hydrogen (secondary N) is 2. The number of rotatable bonds is 4. The summed E-state index contributed by atoms with van der Waals surface area (Å²) in [5.41, 5.74) is 0.902. The van der Waals surface area contributed by atoms with Gasteiger partial charge < -0.3 is 10.6 Å². The van der Waals surface area contributed by atoms with Crippen molar-refractivity contribution in [2.24, 2.45) is 11.8 Å². The minimum absolute atomic E-state index is 0.0414. The number of para-hydroxylation sites is 1. The number of anilines is 2. The minimum Gasteiger partial charge on any atom is -0.326 e. The van der Waals surface area contributed by atoms with Crippen molar-refractivity contribution in [2.75, 3.05) is 10.6 Å². The van der Waals surface area contributed by atoms with Gasteiger partial charge in [0.1, 0.15) is 5.82 Å². The lowest BCUT2D eigenvalue weighted by Gasteiger charge is -2.27. The molecule has 1 aliphatic rings. The van der Waals surface area contributed by atoms with Gasteiger partial charge in [-0.3, -0.25) is 9.59 Å². The Balaban J connectivity index is 1.50. The van der Waals surface area contributed by atoms with Crippen molar-refractivity contribution in [3.05, 3.63) is 59.4 Å². The van der Waals surface area contributed by atoms with Crippen LogP contribution in [0.1, 0.15) is 25.7 Å². The molecule has 2 aromatic carbocycles. The maximum absolute atomic E-state index is 13.6. The van der Waals surface area contributed by atoms with Gasteiger partial charge in [-0.05, 0) is 62.1 Å². The van der Waals surface area contributed by atoms with Gasteiger partial charge in [0.25, 0.3) is 0 Å². The zero-order valence-electron chi connectivity index (χ0n) is 14.2. The van der Waals surface area contributed by atoms with Crippen LogP contribution in [0.3, 0.4) is 0 Å². The smallest absolute Gasteiger partial charge is 0.227 e. The van der Waals surface area contributed by atoms with E-state index in [0.29, 0.717) is 36.4 Å². The van der Waals surface area contributed by atoms with Gasteiger partial charge >= 0.3 is 0 Å². The Hall–Kier alpha value is -2.40. The zero-order valence-corrected chi connectivity index (χ0v) is 14.9. The lowest BCUT2D eigenvalue weighted by molar-refractivity contribution is -0.125. The highest BCUT2D eigenvalue weighted by Crippen LogP contribution is 2.31. The molecule has 0 saturated heterocycles. The van der Waals surface area contributed by atoms with Gasteiger partial charge in [0.15, 0.2) is 0 Å². The van der Waals surface area contributed by atoms with E-state index < -0.39 is 5.82 Å². The van der Waals surface area contributed by atoms with Crippen LogP contribution >= 0.6 is 11.6 Å². The molecule has 26 heavy (non-hydrogen) atoms. The Morgan fingerprint density at radius 3 is 1.96 bits per heavy atom. The maximum Gasteiger partial charge on any atom is 0.227 e. The van der Waals surface area contributed by atoms with E-state index in [1.54, 1.807) is 42.5 Å². The molecule has 2 amide bonds. The van der Waals surface area contributed by atoms with Crippen molar-refractivity contribution in [1.29, 1.82) is 0 Å². The number of hydrogen-bond donors (Lipinski definition) is 2. The van der Waals surface area contributed by atoms with Gasteiger partial charge in [0.2, 0.25) is 11.8 Å². The van der Waals surface area contributed by atoms with Crippen LogP contribution in [-0.2, 0) is 9.59 Å². The minimum atomic E-state index is -0.447. The third kappa shape index (κ3) is 4.61. The summed E-state index contributed by atoms with van der Waals surface area (Å²) in [6.07, 6.45) is 2.49. The van der Waals surface area contributed by atoms with Gasteiger partial charge in [-0.15, -0.1) is 0 Å². The molecule has 4 nitrogen and oxygen atoms in total. The first-order chi connectivity index (χ1) is 12.5. The molecule has 0 spiro atoms. The first kappa shape index (κ1) is 18.4. The number of hydrogen-bond acceptors (Lipinski definition) is 2. The molecule has 0 bridgehead atoms. The quantitative estimate of drug-likeness (QED) is 0.802. The summed E-state index contributed by atoms with van der Waals surface area (Å²) >= 11 is 5.84. The molecule has 1 aliphatic carbocycles. The molecule has 2 aromatic rings.